The van der Waals surface area contributed by atoms with Gasteiger partial charge in [-0.3, -0.25) is 4.79 Å². The lowest BCUT2D eigenvalue weighted by molar-refractivity contribution is -0.123. The van der Waals surface area contributed by atoms with Gasteiger partial charge >= 0.3 is 0 Å². The quantitative estimate of drug-likeness (QED) is 0.637. The molecule has 3 heterocycles. The molecule has 0 bridgehead atoms. The Morgan fingerprint density at radius 3 is 2.55 bits per heavy atom. The van der Waals surface area contributed by atoms with Crippen molar-refractivity contribution in [2.45, 2.75) is 50.5 Å². The Morgan fingerprint density at radius 1 is 1.09 bits per heavy atom. The number of carbonyl (C=O) groups excluding carboxylic acids is 1. The summed E-state index contributed by atoms with van der Waals surface area (Å²) in [6, 6.07) is 16.6. The molecule has 1 spiro atoms. The molecule has 6 heteroatoms. The number of fused-ring (bicyclic) bond motifs is 2. The standard InChI is InChI=1S/C27H30N4O2/c1-18-15-23(31(29-18)20-7-4-3-5-8-20)19-16-22-25(28-26(32)27(22)11-6-12-27)24(17-19)33-21-9-13-30(2)14-10-21/h3-5,7-8,15-17,21H,6,9-14H2,1-2H3,(H,28,32). The largest absolute Gasteiger partial charge is 0.488 e. The lowest BCUT2D eigenvalue weighted by atomic mass is 9.65. The number of hydrogen-bond donors (Lipinski definition) is 1. The van der Waals surface area contributed by atoms with Gasteiger partial charge in [-0.25, -0.2) is 4.68 Å². The maximum atomic E-state index is 13.1. The predicted molar refractivity (Wildman–Crippen MR) is 129 cm³/mol. The molecule has 1 saturated carbocycles. The van der Waals surface area contributed by atoms with Crippen molar-refractivity contribution in [2.75, 3.05) is 25.5 Å². The smallest absolute Gasteiger partial charge is 0.235 e. The first kappa shape index (κ1) is 20.5. The topological polar surface area (TPSA) is 59.4 Å². The molecule has 1 saturated heterocycles. The number of ether oxygens (including phenoxy) is 1. The van der Waals surface area contributed by atoms with Crippen LogP contribution < -0.4 is 10.1 Å². The second-order valence-corrected chi connectivity index (χ2v) is 9.83. The number of piperidine rings is 1. The van der Waals surface area contributed by atoms with Gasteiger partial charge < -0.3 is 15.0 Å². The fourth-order valence-corrected chi connectivity index (χ4v) is 5.50. The van der Waals surface area contributed by atoms with Crippen molar-refractivity contribution in [1.82, 2.24) is 14.7 Å². The number of anilines is 1. The summed E-state index contributed by atoms with van der Waals surface area (Å²) in [5.74, 6) is 0.925. The highest BCUT2D eigenvalue weighted by atomic mass is 16.5. The molecule has 33 heavy (non-hydrogen) atoms. The van der Waals surface area contributed by atoms with Crippen molar-refractivity contribution < 1.29 is 9.53 Å². The van der Waals surface area contributed by atoms with Gasteiger partial charge in [0.2, 0.25) is 5.91 Å². The molecule has 6 rings (SSSR count). The maximum absolute atomic E-state index is 13.1. The second-order valence-electron chi connectivity index (χ2n) is 9.83. The maximum Gasteiger partial charge on any atom is 0.235 e. The molecule has 0 atom stereocenters. The average molecular weight is 443 g/mol. The van der Waals surface area contributed by atoms with Gasteiger partial charge in [-0.2, -0.15) is 5.10 Å². The number of likely N-dealkylation sites (tertiary alicyclic amines) is 1. The Hall–Kier alpha value is -3.12. The molecule has 0 radical (unpaired) electrons. The minimum Gasteiger partial charge on any atom is -0.488 e. The Morgan fingerprint density at radius 2 is 1.85 bits per heavy atom. The first-order chi connectivity index (χ1) is 16.0. The SMILES string of the molecule is Cc1cc(-c2cc(OC3CCN(C)CC3)c3c(c2)C2(CCC2)C(=O)N3)n(-c2ccccc2)n1. The molecule has 2 aliphatic heterocycles. The van der Waals surface area contributed by atoms with E-state index in [1.807, 2.05) is 29.8 Å². The van der Waals surface area contributed by atoms with Crippen LogP contribution in [0.4, 0.5) is 5.69 Å². The molecule has 1 aliphatic carbocycles. The van der Waals surface area contributed by atoms with E-state index >= 15 is 0 Å². The van der Waals surface area contributed by atoms with E-state index in [1.165, 1.54) is 0 Å². The minimum absolute atomic E-state index is 0.127. The van der Waals surface area contributed by atoms with Crippen LogP contribution in [-0.4, -0.2) is 46.8 Å². The molecule has 2 aromatic carbocycles. The number of aromatic nitrogens is 2. The molecule has 1 aromatic heterocycles. The third-order valence-electron chi connectivity index (χ3n) is 7.59. The van der Waals surface area contributed by atoms with Crippen LogP contribution in [0.15, 0.2) is 48.5 Å². The van der Waals surface area contributed by atoms with Crippen molar-refractivity contribution in [3.05, 3.63) is 59.8 Å². The molecular weight excluding hydrogens is 412 g/mol. The van der Waals surface area contributed by atoms with Gasteiger partial charge in [-0.15, -0.1) is 0 Å². The van der Waals surface area contributed by atoms with E-state index in [0.29, 0.717) is 0 Å². The van der Waals surface area contributed by atoms with E-state index in [4.69, 9.17) is 9.84 Å². The van der Waals surface area contributed by atoms with Crippen LogP contribution in [0.1, 0.15) is 43.4 Å². The molecule has 170 valence electrons. The predicted octanol–water partition coefficient (Wildman–Crippen LogP) is 4.69. The zero-order chi connectivity index (χ0) is 22.6. The Balaban J connectivity index is 1.47. The monoisotopic (exact) mass is 442 g/mol. The number of amides is 1. The first-order valence-corrected chi connectivity index (χ1v) is 12.0. The zero-order valence-corrected chi connectivity index (χ0v) is 19.3. The van der Waals surface area contributed by atoms with E-state index in [2.05, 4.69) is 47.6 Å². The average Bonchev–Trinajstić information content (AvgIpc) is 3.33. The number of hydrogen-bond acceptors (Lipinski definition) is 4. The Labute approximate surface area is 194 Å². The molecule has 3 aliphatic rings. The van der Waals surface area contributed by atoms with Crippen LogP contribution in [0, 0.1) is 6.92 Å². The van der Waals surface area contributed by atoms with Crippen LogP contribution in [0.3, 0.4) is 0 Å². The number of rotatable bonds is 4. The molecule has 2 fully saturated rings. The third kappa shape index (κ3) is 3.35. The van der Waals surface area contributed by atoms with Crippen LogP contribution in [0.2, 0.25) is 0 Å². The van der Waals surface area contributed by atoms with E-state index in [-0.39, 0.29) is 12.0 Å². The van der Waals surface area contributed by atoms with Crippen molar-refractivity contribution in [2.24, 2.45) is 0 Å². The summed E-state index contributed by atoms with van der Waals surface area (Å²) in [6.45, 7) is 4.08. The van der Waals surface area contributed by atoms with Gasteiger partial charge in [-0.1, -0.05) is 24.6 Å². The van der Waals surface area contributed by atoms with Crippen LogP contribution >= 0.6 is 0 Å². The van der Waals surface area contributed by atoms with Crippen molar-refractivity contribution in [3.8, 4) is 22.7 Å². The number of nitrogens with zero attached hydrogens (tertiary/aromatic N) is 3. The highest BCUT2D eigenvalue weighted by Gasteiger charge is 2.52. The first-order valence-electron chi connectivity index (χ1n) is 12.0. The normalized spacial score (nSPS) is 19.9. The number of nitrogens with one attached hydrogen (secondary N) is 1. The van der Waals surface area contributed by atoms with Gasteiger partial charge in [0, 0.05) is 18.7 Å². The highest BCUT2D eigenvalue weighted by Crippen LogP contribution is 2.55. The molecule has 1 N–H and O–H groups in total. The lowest BCUT2D eigenvalue weighted by Crippen LogP contribution is -2.40. The number of aryl methyl sites for hydroxylation is 1. The van der Waals surface area contributed by atoms with E-state index in [1.54, 1.807) is 0 Å². The minimum atomic E-state index is -0.400. The van der Waals surface area contributed by atoms with Gasteiger partial charge in [0.25, 0.3) is 0 Å². The lowest BCUT2D eigenvalue weighted by Gasteiger charge is -2.36. The zero-order valence-electron chi connectivity index (χ0n) is 19.3. The van der Waals surface area contributed by atoms with Crippen molar-refractivity contribution in [1.29, 1.82) is 0 Å². The fourth-order valence-electron chi connectivity index (χ4n) is 5.50. The summed E-state index contributed by atoms with van der Waals surface area (Å²) in [7, 11) is 2.15. The van der Waals surface area contributed by atoms with E-state index < -0.39 is 5.41 Å². The summed E-state index contributed by atoms with van der Waals surface area (Å²) in [6.07, 6.45) is 5.05. The van der Waals surface area contributed by atoms with Crippen molar-refractivity contribution in [3.63, 3.8) is 0 Å². The molecule has 1 amide bonds. The summed E-state index contributed by atoms with van der Waals surface area (Å²) < 4.78 is 8.59. The molecular formula is C27H30N4O2. The highest BCUT2D eigenvalue weighted by molar-refractivity contribution is 6.09. The van der Waals surface area contributed by atoms with Crippen LogP contribution in [0.5, 0.6) is 5.75 Å². The molecule has 3 aromatic rings. The summed E-state index contributed by atoms with van der Waals surface area (Å²) in [5, 5.41) is 7.97. The third-order valence-corrected chi connectivity index (χ3v) is 7.59. The van der Waals surface area contributed by atoms with Crippen LogP contribution in [-0.2, 0) is 10.2 Å². The second kappa shape index (κ2) is 7.73. The number of para-hydroxylation sites is 1. The molecule has 6 nitrogen and oxygen atoms in total. The number of carbonyl (C=O) groups is 1. The van der Waals surface area contributed by atoms with E-state index in [9.17, 15) is 4.79 Å². The summed E-state index contributed by atoms with van der Waals surface area (Å²) >= 11 is 0. The summed E-state index contributed by atoms with van der Waals surface area (Å²) in [4.78, 5) is 15.4. The number of benzene rings is 2. The Kier molecular flexibility index (Phi) is 4.80. The van der Waals surface area contributed by atoms with Crippen molar-refractivity contribution >= 4 is 11.6 Å². The molecule has 0 unspecified atom stereocenters. The van der Waals surface area contributed by atoms with E-state index in [0.717, 1.165) is 84.8 Å². The Bertz CT molecular complexity index is 1200. The van der Waals surface area contributed by atoms with Crippen LogP contribution in [0.25, 0.3) is 16.9 Å². The van der Waals surface area contributed by atoms with Gasteiger partial charge in [-0.05, 0) is 75.5 Å². The van der Waals surface area contributed by atoms with Gasteiger partial charge in [0.1, 0.15) is 11.9 Å². The fraction of sp³-hybridized carbons (Fsp3) is 0.407. The summed E-state index contributed by atoms with van der Waals surface area (Å²) in [5.41, 5.74) is 5.61. The van der Waals surface area contributed by atoms with Gasteiger partial charge in [0.15, 0.2) is 0 Å². The van der Waals surface area contributed by atoms with Gasteiger partial charge in [0.05, 0.1) is 28.2 Å².